The first kappa shape index (κ1) is 22.1. The second-order valence-electron chi connectivity index (χ2n) is 9.04. The number of nitrogens with one attached hydrogen (secondary N) is 1. The van der Waals surface area contributed by atoms with E-state index in [-0.39, 0.29) is 23.0 Å². The molecule has 6 rings (SSSR count). The first-order valence-electron chi connectivity index (χ1n) is 11.4. The fourth-order valence-corrected chi connectivity index (χ4v) is 4.20. The molecule has 0 radical (unpaired) electrons. The summed E-state index contributed by atoms with van der Waals surface area (Å²) in [6.45, 7) is 3.86. The van der Waals surface area contributed by atoms with E-state index < -0.39 is 12.1 Å². The number of hydrogen-bond donors (Lipinski definition) is 1. The molecule has 182 valence electrons. The lowest BCUT2D eigenvalue weighted by Crippen LogP contribution is -2.15. The van der Waals surface area contributed by atoms with Crippen LogP contribution < -0.4 is 5.32 Å². The molecule has 2 atom stereocenters. The van der Waals surface area contributed by atoms with Gasteiger partial charge in [-0.2, -0.15) is 5.10 Å². The number of amides is 1. The number of pyridine rings is 3. The number of fused-ring (bicyclic) bond motifs is 2. The Bertz CT molecular complexity index is 1640. The van der Waals surface area contributed by atoms with Crippen molar-refractivity contribution in [1.82, 2.24) is 39.3 Å². The van der Waals surface area contributed by atoms with Gasteiger partial charge in [0.25, 0.3) is 6.43 Å². The van der Waals surface area contributed by atoms with Crippen LogP contribution in [-0.4, -0.2) is 45.2 Å². The van der Waals surface area contributed by atoms with E-state index in [0.29, 0.717) is 34.2 Å². The minimum atomic E-state index is -2.79. The van der Waals surface area contributed by atoms with Crippen molar-refractivity contribution < 1.29 is 13.6 Å². The average molecular weight is 489 g/mol. The monoisotopic (exact) mass is 489 g/mol. The van der Waals surface area contributed by atoms with Crippen molar-refractivity contribution in [1.29, 1.82) is 0 Å². The van der Waals surface area contributed by atoms with Gasteiger partial charge < -0.3 is 5.32 Å². The summed E-state index contributed by atoms with van der Waals surface area (Å²) in [6.07, 6.45) is 2.43. The number of carbonyl (C=O) groups excluding carboxylic acids is 1. The molecule has 36 heavy (non-hydrogen) atoms. The topological polar surface area (TPSA) is 116 Å². The second-order valence-corrected chi connectivity index (χ2v) is 9.04. The third-order valence-electron chi connectivity index (χ3n) is 6.52. The van der Waals surface area contributed by atoms with Crippen LogP contribution in [0.3, 0.4) is 0 Å². The minimum Gasteiger partial charge on any atom is -0.310 e. The van der Waals surface area contributed by atoms with Crippen molar-refractivity contribution in [2.75, 3.05) is 5.32 Å². The number of aryl methyl sites for hydroxylation is 2. The van der Waals surface area contributed by atoms with Crippen LogP contribution in [0.25, 0.3) is 39.2 Å². The first-order chi connectivity index (χ1) is 17.3. The highest BCUT2D eigenvalue weighted by atomic mass is 19.3. The lowest BCUT2D eigenvalue weighted by atomic mass is 10.1. The van der Waals surface area contributed by atoms with Crippen molar-refractivity contribution >= 4 is 28.1 Å². The van der Waals surface area contributed by atoms with E-state index in [9.17, 15) is 13.6 Å². The van der Waals surface area contributed by atoms with E-state index in [1.165, 1.54) is 12.4 Å². The van der Waals surface area contributed by atoms with Crippen LogP contribution in [-0.2, 0) is 11.8 Å². The van der Waals surface area contributed by atoms with Gasteiger partial charge in [-0.05, 0) is 37.5 Å². The summed E-state index contributed by atoms with van der Waals surface area (Å²) in [7, 11) is 1.82. The fourth-order valence-electron chi connectivity index (χ4n) is 4.20. The Hall–Kier alpha value is -4.35. The summed E-state index contributed by atoms with van der Waals surface area (Å²) in [5, 5.41) is 12.4. The van der Waals surface area contributed by atoms with Gasteiger partial charge in [0, 0.05) is 53.5 Å². The van der Waals surface area contributed by atoms with E-state index in [2.05, 4.69) is 35.5 Å². The molecule has 5 heterocycles. The normalized spacial score (nSPS) is 17.3. The Morgan fingerprint density at radius 1 is 1.11 bits per heavy atom. The summed E-state index contributed by atoms with van der Waals surface area (Å²) in [5.41, 5.74) is 1.36. The number of hydrogen-bond acceptors (Lipinski definition) is 7. The minimum absolute atomic E-state index is 0.0530. The maximum Gasteiger partial charge on any atom is 0.281 e. The van der Waals surface area contributed by atoms with Gasteiger partial charge in [0.05, 0.1) is 0 Å². The lowest BCUT2D eigenvalue weighted by Gasteiger charge is -2.10. The van der Waals surface area contributed by atoms with E-state index in [4.69, 9.17) is 0 Å². The van der Waals surface area contributed by atoms with Crippen molar-refractivity contribution in [3.05, 3.63) is 48.3 Å². The van der Waals surface area contributed by atoms with Crippen molar-refractivity contribution in [3.8, 4) is 22.8 Å². The average Bonchev–Trinajstić information content (AvgIpc) is 3.28. The number of halogens is 2. The van der Waals surface area contributed by atoms with Crippen LogP contribution in [0.2, 0.25) is 0 Å². The Labute approximate surface area is 203 Å². The lowest BCUT2D eigenvalue weighted by molar-refractivity contribution is -0.117. The van der Waals surface area contributed by atoms with Gasteiger partial charge in [0.2, 0.25) is 5.91 Å². The van der Waals surface area contributed by atoms with Crippen molar-refractivity contribution in [2.45, 2.75) is 26.7 Å². The largest absolute Gasteiger partial charge is 0.310 e. The van der Waals surface area contributed by atoms with Crippen LogP contribution in [0.5, 0.6) is 0 Å². The van der Waals surface area contributed by atoms with E-state index in [0.717, 1.165) is 17.8 Å². The molecule has 1 aliphatic carbocycles. The molecule has 0 aromatic carbocycles. The fraction of sp³-hybridized carbons (Fsp3) is 0.292. The standard InChI is InChI=1S/C24H21F2N9O/c1-11-6-14(11)24(36)30-18-7-15-16(8-27-18)20(21(25)26)28-9-17(15)23-31-19-5-4-13(10-35(19)33-23)22-29-12(2)34(3)32-22/h4-5,7-11,14,21H,6H2,1-3H3,(H,27,30,36)/t11-,14+/m1/s1. The first-order valence-corrected chi connectivity index (χ1v) is 11.4. The maximum atomic E-state index is 13.7. The van der Waals surface area contributed by atoms with Crippen LogP contribution in [0.15, 0.2) is 36.8 Å². The Morgan fingerprint density at radius 3 is 2.61 bits per heavy atom. The number of aromatic nitrogens is 8. The van der Waals surface area contributed by atoms with Gasteiger partial charge in [-0.25, -0.2) is 28.2 Å². The third-order valence-corrected chi connectivity index (χ3v) is 6.52. The molecule has 1 fully saturated rings. The molecule has 1 saturated carbocycles. The highest BCUT2D eigenvalue weighted by molar-refractivity contribution is 6.00. The SMILES string of the molecule is Cc1nc(-c2ccc3nc(-c4cnc(C(F)F)c5cnc(NC(=O)[C@H]6C[C@H]6C)cc45)nn3c2)nn1C. The summed E-state index contributed by atoms with van der Waals surface area (Å²) < 4.78 is 30.7. The molecule has 0 aliphatic heterocycles. The zero-order valence-corrected chi connectivity index (χ0v) is 19.6. The number of nitrogens with zero attached hydrogens (tertiary/aromatic N) is 8. The molecular weight excluding hydrogens is 468 g/mol. The van der Waals surface area contributed by atoms with Gasteiger partial charge in [-0.15, -0.1) is 5.10 Å². The molecule has 0 unspecified atom stereocenters. The summed E-state index contributed by atoms with van der Waals surface area (Å²) in [6, 6.07) is 5.20. The van der Waals surface area contributed by atoms with Crippen molar-refractivity contribution in [2.24, 2.45) is 18.9 Å². The highest BCUT2D eigenvalue weighted by Crippen LogP contribution is 2.39. The number of anilines is 1. The molecule has 1 amide bonds. The molecule has 0 spiro atoms. The van der Waals surface area contributed by atoms with Gasteiger partial charge in [0.1, 0.15) is 17.3 Å². The maximum absolute atomic E-state index is 13.7. The molecule has 12 heteroatoms. The molecule has 10 nitrogen and oxygen atoms in total. The Kier molecular flexibility index (Phi) is 4.99. The molecular formula is C24H21F2N9O. The summed E-state index contributed by atoms with van der Waals surface area (Å²) >= 11 is 0. The van der Waals surface area contributed by atoms with Gasteiger partial charge in [0.15, 0.2) is 17.3 Å². The molecule has 5 aromatic rings. The molecule has 0 saturated heterocycles. The van der Waals surface area contributed by atoms with Crippen LogP contribution in [0.4, 0.5) is 14.6 Å². The number of alkyl halides is 2. The summed E-state index contributed by atoms with van der Waals surface area (Å²) in [5.74, 6) is 2.05. The molecule has 1 aliphatic rings. The predicted molar refractivity (Wildman–Crippen MR) is 127 cm³/mol. The smallest absolute Gasteiger partial charge is 0.281 e. The van der Waals surface area contributed by atoms with Gasteiger partial charge in [-0.3, -0.25) is 14.5 Å². The van der Waals surface area contributed by atoms with Crippen LogP contribution in [0, 0.1) is 18.8 Å². The zero-order chi connectivity index (χ0) is 25.1. The number of carbonyl (C=O) groups is 1. The molecule has 5 aromatic heterocycles. The predicted octanol–water partition coefficient (Wildman–Crippen LogP) is 3.98. The molecule has 0 bridgehead atoms. The Balaban J connectivity index is 1.44. The highest BCUT2D eigenvalue weighted by Gasteiger charge is 2.39. The van der Waals surface area contributed by atoms with E-state index >= 15 is 0 Å². The van der Waals surface area contributed by atoms with Crippen molar-refractivity contribution in [3.63, 3.8) is 0 Å². The van der Waals surface area contributed by atoms with Crippen LogP contribution in [0.1, 0.15) is 31.3 Å². The molecule has 1 N–H and O–H groups in total. The summed E-state index contributed by atoms with van der Waals surface area (Å²) in [4.78, 5) is 29.6. The van der Waals surface area contributed by atoms with Gasteiger partial charge >= 0.3 is 0 Å². The van der Waals surface area contributed by atoms with E-state index in [1.54, 1.807) is 27.5 Å². The number of rotatable bonds is 5. The van der Waals surface area contributed by atoms with Gasteiger partial charge in [-0.1, -0.05) is 6.92 Å². The third kappa shape index (κ3) is 3.74. The quantitative estimate of drug-likeness (QED) is 0.397. The zero-order valence-electron chi connectivity index (χ0n) is 19.6. The second kappa shape index (κ2) is 8.11. The Morgan fingerprint density at radius 2 is 1.92 bits per heavy atom. The van der Waals surface area contributed by atoms with E-state index in [1.807, 2.05) is 27.0 Å². The van der Waals surface area contributed by atoms with Crippen LogP contribution >= 0.6 is 0 Å².